The molecule has 0 aromatic heterocycles. The van der Waals surface area contributed by atoms with Crippen molar-refractivity contribution in [1.82, 2.24) is 4.72 Å². The third-order valence-corrected chi connectivity index (χ3v) is 3.71. The van der Waals surface area contributed by atoms with Gasteiger partial charge in [-0.1, -0.05) is 32.9 Å². The van der Waals surface area contributed by atoms with Crippen molar-refractivity contribution in [1.29, 1.82) is 0 Å². The van der Waals surface area contributed by atoms with Gasteiger partial charge in [0.15, 0.2) is 5.84 Å². The summed E-state index contributed by atoms with van der Waals surface area (Å²) in [6.07, 6.45) is 0.986. The Morgan fingerprint density at radius 3 is 2.35 bits per heavy atom. The first-order valence-corrected chi connectivity index (χ1v) is 7.24. The molecule has 102 valence electrons. The monoisotopic (exact) mass is 265 g/mol. The molecule has 6 nitrogen and oxygen atoms in total. The van der Waals surface area contributed by atoms with Gasteiger partial charge in [0.25, 0.3) is 0 Å². The molecule has 0 aromatic rings. The van der Waals surface area contributed by atoms with E-state index in [2.05, 4.69) is 9.88 Å². The number of oxime groups is 1. The minimum absolute atomic E-state index is 0.0334. The first kappa shape index (κ1) is 16.2. The van der Waals surface area contributed by atoms with Crippen molar-refractivity contribution >= 4 is 15.9 Å². The number of nitrogens with two attached hydrogens (primary N) is 1. The van der Waals surface area contributed by atoms with Crippen molar-refractivity contribution in [3.8, 4) is 0 Å². The van der Waals surface area contributed by atoms with E-state index in [1.54, 1.807) is 6.92 Å². The van der Waals surface area contributed by atoms with E-state index in [-0.39, 0.29) is 17.0 Å². The highest BCUT2D eigenvalue weighted by Gasteiger charge is 2.22. The van der Waals surface area contributed by atoms with Crippen LogP contribution in [0.15, 0.2) is 5.16 Å². The van der Waals surface area contributed by atoms with Crippen LogP contribution >= 0.6 is 0 Å². The average molecular weight is 265 g/mol. The quantitative estimate of drug-likeness (QED) is 0.287. The first-order chi connectivity index (χ1) is 7.61. The van der Waals surface area contributed by atoms with Crippen molar-refractivity contribution in [2.45, 2.75) is 46.6 Å². The molecule has 0 heterocycles. The molecule has 0 aliphatic heterocycles. The van der Waals surface area contributed by atoms with Gasteiger partial charge < -0.3 is 10.9 Å². The zero-order valence-corrected chi connectivity index (χ0v) is 11.7. The molecule has 0 amide bonds. The van der Waals surface area contributed by atoms with Crippen LogP contribution in [0.1, 0.15) is 40.5 Å². The Morgan fingerprint density at radius 1 is 1.47 bits per heavy atom. The second-order valence-electron chi connectivity index (χ2n) is 5.23. The number of hydrogen-bond acceptors (Lipinski definition) is 4. The maximum Gasteiger partial charge on any atom is 0.212 e. The fourth-order valence-corrected chi connectivity index (χ4v) is 2.86. The minimum Gasteiger partial charge on any atom is -0.409 e. The molecular formula is C10H23N3O3S. The number of rotatable bonds is 6. The highest BCUT2D eigenvalue weighted by molar-refractivity contribution is 7.89. The van der Waals surface area contributed by atoms with Crippen molar-refractivity contribution in [2.75, 3.05) is 5.75 Å². The molecule has 0 bridgehead atoms. The van der Waals surface area contributed by atoms with Gasteiger partial charge >= 0.3 is 0 Å². The fraction of sp³-hybridized carbons (Fsp3) is 0.900. The Kier molecular flexibility index (Phi) is 5.91. The summed E-state index contributed by atoms with van der Waals surface area (Å²) in [5, 5.41) is 11.3. The van der Waals surface area contributed by atoms with E-state index in [0.29, 0.717) is 12.8 Å². The van der Waals surface area contributed by atoms with E-state index in [0.717, 1.165) is 0 Å². The molecular weight excluding hydrogens is 242 g/mol. The number of sulfonamides is 1. The summed E-state index contributed by atoms with van der Waals surface area (Å²) in [6, 6.07) is -0.648. The van der Waals surface area contributed by atoms with Crippen LogP contribution in [0.5, 0.6) is 0 Å². The lowest BCUT2D eigenvalue weighted by atomic mass is 9.94. The van der Waals surface area contributed by atoms with Crippen LogP contribution in [0.2, 0.25) is 0 Å². The van der Waals surface area contributed by atoms with E-state index in [1.807, 2.05) is 20.8 Å². The van der Waals surface area contributed by atoms with Gasteiger partial charge in [-0.25, -0.2) is 13.1 Å². The molecule has 1 unspecified atom stereocenters. The molecule has 0 fully saturated rings. The largest absolute Gasteiger partial charge is 0.409 e. The Bertz CT molecular complexity index is 357. The molecule has 7 heteroatoms. The summed E-state index contributed by atoms with van der Waals surface area (Å²) in [6.45, 7) is 7.69. The predicted octanol–water partition coefficient (Wildman–Crippen LogP) is 0.867. The molecule has 4 N–H and O–H groups in total. The Morgan fingerprint density at radius 2 is 2.00 bits per heavy atom. The number of nitrogens with one attached hydrogen (secondary N) is 1. The second kappa shape index (κ2) is 6.20. The number of nitrogens with zero attached hydrogens (tertiary/aromatic N) is 1. The molecule has 0 spiro atoms. The first-order valence-electron chi connectivity index (χ1n) is 5.58. The van der Waals surface area contributed by atoms with Crippen molar-refractivity contribution in [3.63, 3.8) is 0 Å². The second-order valence-corrected chi connectivity index (χ2v) is 7.11. The van der Waals surface area contributed by atoms with Gasteiger partial charge in [-0.15, -0.1) is 0 Å². The van der Waals surface area contributed by atoms with E-state index in [4.69, 9.17) is 10.9 Å². The standard InChI is InChI=1S/C10H23N3O3S/c1-5-8(9(11)12-14)13-17(15,16)7-6-10(2,3)4/h8,13-14H,5-7H2,1-4H3,(H2,11,12). The maximum atomic E-state index is 11.8. The van der Waals surface area contributed by atoms with Gasteiger partial charge in [0, 0.05) is 0 Å². The average Bonchev–Trinajstić information content (AvgIpc) is 2.21. The third-order valence-electron chi connectivity index (χ3n) is 2.32. The van der Waals surface area contributed by atoms with Crippen molar-refractivity contribution in [3.05, 3.63) is 0 Å². The summed E-state index contributed by atoms with van der Waals surface area (Å²) in [7, 11) is -3.40. The van der Waals surface area contributed by atoms with Crippen LogP contribution in [0.3, 0.4) is 0 Å². The van der Waals surface area contributed by atoms with Crippen LogP contribution in [-0.4, -0.2) is 31.3 Å². The summed E-state index contributed by atoms with van der Waals surface area (Å²) in [5.41, 5.74) is 5.34. The molecule has 0 aromatic carbocycles. The van der Waals surface area contributed by atoms with Gasteiger partial charge in [-0.3, -0.25) is 0 Å². The van der Waals surface area contributed by atoms with Crippen LogP contribution in [0.25, 0.3) is 0 Å². The van der Waals surface area contributed by atoms with Crippen LogP contribution in [-0.2, 0) is 10.0 Å². The lowest BCUT2D eigenvalue weighted by molar-refractivity contribution is 0.315. The lowest BCUT2D eigenvalue weighted by Gasteiger charge is -2.20. The van der Waals surface area contributed by atoms with Crippen LogP contribution in [0, 0.1) is 5.41 Å². The molecule has 0 aliphatic rings. The lowest BCUT2D eigenvalue weighted by Crippen LogP contribution is -2.45. The van der Waals surface area contributed by atoms with Crippen molar-refractivity contribution < 1.29 is 13.6 Å². The predicted molar refractivity (Wildman–Crippen MR) is 68.5 cm³/mol. The Balaban J connectivity index is 4.54. The molecule has 0 radical (unpaired) electrons. The molecule has 17 heavy (non-hydrogen) atoms. The zero-order chi connectivity index (χ0) is 13.7. The summed E-state index contributed by atoms with van der Waals surface area (Å²) >= 11 is 0. The summed E-state index contributed by atoms with van der Waals surface area (Å²) in [5.74, 6) is -0.0852. The topological polar surface area (TPSA) is 105 Å². The normalized spacial score (nSPS) is 15.9. The van der Waals surface area contributed by atoms with Crippen LogP contribution < -0.4 is 10.5 Å². The molecule has 0 saturated carbocycles. The molecule has 0 saturated heterocycles. The zero-order valence-electron chi connectivity index (χ0n) is 10.9. The SMILES string of the molecule is CCC(NS(=O)(=O)CCC(C)(C)C)C(N)=NO. The number of amidine groups is 1. The maximum absolute atomic E-state index is 11.8. The molecule has 0 rings (SSSR count). The number of hydrogen-bond donors (Lipinski definition) is 3. The van der Waals surface area contributed by atoms with E-state index >= 15 is 0 Å². The highest BCUT2D eigenvalue weighted by atomic mass is 32.2. The Labute approximate surface area is 103 Å². The third kappa shape index (κ3) is 7.17. The summed E-state index contributed by atoms with van der Waals surface area (Å²) in [4.78, 5) is 0. The fourth-order valence-electron chi connectivity index (χ4n) is 1.14. The molecule has 1 atom stereocenters. The highest BCUT2D eigenvalue weighted by Crippen LogP contribution is 2.19. The van der Waals surface area contributed by atoms with Crippen LogP contribution in [0.4, 0.5) is 0 Å². The van der Waals surface area contributed by atoms with Gasteiger partial charge in [0.2, 0.25) is 10.0 Å². The van der Waals surface area contributed by atoms with E-state index < -0.39 is 16.1 Å². The molecule has 0 aliphatic carbocycles. The van der Waals surface area contributed by atoms with E-state index in [1.165, 1.54) is 0 Å². The minimum atomic E-state index is -3.40. The van der Waals surface area contributed by atoms with Gasteiger partial charge in [0.1, 0.15) is 0 Å². The summed E-state index contributed by atoms with van der Waals surface area (Å²) < 4.78 is 25.9. The van der Waals surface area contributed by atoms with E-state index in [9.17, 15) is 8.42 Å². The Hall–Kier alpha value is -0.820. The smallest absolute Gasteiger partial charge is 0.212 e. The van der Waals surface area contributed by atoms with Crippen molar-refractivity contribution in [2.24, 2.45) is 16.3 Å². The van der Waals surface area contributed by atoms with Gasteiger partial charge in [-0.2, -0.15) is 0 Å². The van der Waals surface area contributed by atoms with Gasteiger partial charge in [-0.05, 0) is 18.3 Å². The van der Waals surface area contributed by atoms with Gasteiger partial charge in [0.05, 0.1) is 11.8 Å².